The fourth-order valence-electron chi connectivity index (χ4n) is 3.94. The summed E-state index contributed by atoms with van der Waals surface area (Å²) in [6.45, 7) is 2.93. The lowest BCUT2D eigenvalue weighted by Crippen LogP contribution is -2.12. The predicted molar refractivity (Wildman–Crippen MR) is 111 cm³/mol. The second-order valence-corrected chi connectivity index (χ2v) is 7.15. The van der Waals surface area contributed by atoms with Crippen molar-refractivity contribution in [2.75, 3.05) is 20.8 Å². The van der Waals surface area contributed by atoms with Crippen molar-refractivity contribution in [1.82, 2.24) is 4.98 Å². The number of ether oxygens (including phenoxy) is 2. The number of rotatable bonds is 5. The van der Waals surface area contributed by atoms with E-state index < -0.39 is 0 Å². The number of aryl methyl sites for hydroxylation is 2. The van der Waals surface area contributed by atoms with Gasteiger partial charge in [0.2, 0.25) is 0 Å². The first-order valence-corrected chi connectivity index (χ1v) is 9.55. The highest BCUT2D eigenvalue weighted by molar-refractivity contribution is 6.06. The zero-order chi connectivity index (χ0) is 18.8. The summed E-state index contributed by atoms with van der Waals surface area (Å²) in [5.41, 5.74) is 7.63. The van der Waals surface area contributed by atoms with Crippen LogP contribution in [0.5, 0.6) is 11.5 Å². The Hall–Kier alpha value is -2.75. The molecule has 4 nitrogen and oxygen atoms in total. The van der Waals surface area contributed by atoms with Gasteiger partial charge in [-0.1, -0.05) is 17.7 Å². The Morgan fingerprint density at radius 1 is 1.00 bits per heavy atom. The number of H-pyrrole nitrogens is 1. The van der Waals surface area contributed by atoms with E-state index in [1.165, 1.54) is 45.4 Å². The van der Waals surface area contributed by atoms with Crippen molar-refractivity contribution in [3.05, 3.63) is 58.8 Å². The molecule has 0 bridgehead atoms. The van der Waals surface area contributed by atoms with Crippen molar-refractivity contribution in [2.24, 2.45) is 4.99 Å². The quantitative estimate of drug-likeness (QED) is 0.704. The van der Waals surface area contributed by atoms with Gasteiger partial charge in [-0.25, -0.2) is 0 Å². The van der Waals surface area contributed by atoms with Crippen LogP contribution in [0.2, 0.25) is 0 Å². The SMILES string of the molecule is COc1ccc(CCN=C2CCCc3c2[nH]c2ccc(C)cc32)cc1OC. The molecule has 1 aromatic heterocycles. The summed E-state index contributed by atoms with van der Waals surface area (Å²) < 4.78 is 10.7. The lowest BCUT2D eigenvalue weighted by molar-refractivity contribution is 0.354. The van der Waals surface area contributed by atoms with Crippen molar-refractivity contribution >= 4 is 16.6 Å². The molecule has 3 aromatic rings. The van der Waals surface area contributed by atoms with Crippen LogP contribution in [0, 0.1) is 6.92 Å². The number of methoxy groups -OCH3 is 2. The molecule has 4 heteroatoms. The molecule has 0 saturated carbocycles. The van der Waals surface area contributed by atoms with E-state index in [-0.39, 0.29) is 0 Å². The number of benzene rings is 2. The monoisotopic (exact) mass is 362 g/mol. The van der Waals surface area contributed by atoms with Crippen LogP contribution < -0.4 is 9.47 Å². The predicted octanol–water partition coefficient (Wildman–Crippen LogP) is 4.86. The molecule has 0 atom stereocenters. The van der Waals surface area contributed by atoms with Gasteiger partial charge in [-0.15, -0.1) is 0 Å². The molecule has 0 radical (unpaired) electrons. The Labute approximate surface area is 160 Å². The molecule has 140 valence electrons. The van der Waals surface area contributed by atoms with Crippen LogP contribution in [0.25, 0.3) is 10.9 Å². The molecule has 1 heterocycles. The lowest BCUT2D eigenvalue weighted by atomic mass is 9.93. The maximum atomic E-state index is 5.40. The number of hydrogen-bond acceptors (Lipinski definition) is 3. The van der Waals surface area contributed by atoms with Crippen molar-refractivity contribution in [2.45, 2.75) is 32.6 Å². The van der Waals surface area contributed by atoms with Crippen LogP contribution in [-0.2, 0) is 12.8 Å². The van der Waals surface area contributed by atoms with Gasteiger partial charge in [0.25, 0.3) is 0 Å². The lowest BCUT2D eigenvalue weighted by Gasteiger charge is -2.14. The van der Waals surface area contributed by atoms with Crippen molar-refractivity contribution < 1.29 is 9.47 Å². The molecule has 1 N–H and O–H groups in total. The van der Waals surface area contributed by atoms with Crippen LogP contribution in [0.15, 0.2) is 41.4 Å². The Kier molecular flexibility index (Phi) is 4.88. The minimum absolute atomic E-state index is 0.762. The van der Waals surface area contributed by atoms with Gasteiger partial charge in [-0.05, 0) is 68.0 Å². The average molecular weight is 362 g/mol. The summed E-state index contributed by atoms with van der Waals surface area (Å²) >= 11 is 0. The zero-order valence-corrected chi connectivity index (χ0v) is 16.3. The molecule has 27 heavy (non-hydrogen) atoms. The first-order chi connectivity index (χ1) is 13.2. The van der Waals surface area contributed by atoms with Crippen LogP contribution in [0.4, 0.5) is 0 Å². The van der Waals surface area contributed by atoms with Crippen LogP contribution in [-0.4, -0.2) is 31.5 Å². The maximum Gasteiger partial charge on any atom is 0.160 e. The Balaban J connectivity index is 1.55. The zero-order valence-electron chi connectivity index (χ0n) is 16.3. The summed E-state index contributed by atoms with van der Waals surface area (Å²) in [7, 11) is 3.33. The molecule has 0 aliphatic heterocycles. The number of hydrogen-bond donors (Lipinski definition) is 1. The van der Waals surface area contributed by atoms with E-state index >= 15 is 0 Å². The van der Waals surface area contributed by atoms with E-state index in [0.717, 1.165) is 37.3 Å². The number of nitrogens with zero attached hydrogens (tertiary/aromatic N) is 1. The Bertz CT molecular complexity index is 1000. The molecule has 0 fully saturated rings. The summed E-state index contributed by atoms with van der Waals surface area (Å²) in [4.78, 5) is 8.56. The number of aromatic nitrogens is 1. The number of nitrogens with one attached hydrogen (secondary N) is 1. The molecule has 4 rings (SSSR count). The summed E-state index contributed by atoms with van der Waals surface area (Å²) in [5, 5.41) is 1.36. The van der Waals surface area contributed by atoms with Crippen molar-refractivity contribution in [1.29, 1.82) is 0 Å². The largest absolute Gasteiger partial charge is 0.493 e. The second kappa shape index (κ2) is 7.47. The third-order valence-corrected chi connectivity index (χ3v) is 5.34. The molecule has 0 amide bonds. The van der Waals surface area contributed by atoms with E-state index in [1.807, 2.05) is 12.1 Å². The van der Waals surface area contributed by atoms with Gasteiger partial charge >= 0.3 is 0 Å². The van der Waals surface area contributed by atoms with Gasteiger partial charge in [0.1, 0.15) is 0 Å². The van der Waals surface area contributed by atoms with E-state index in [4.69, 9.17) is 14.5 Å². The summed E-state index contributed by atoms with van der Waals surface area (Å²) in [6.07, 6.45) is 4.24. The Morgan fingerprint density at radius 3 is 2.67 bits per heavy atom. The third kappa shape index (κ3) is 3.44. The van der Waals surface area contributed by atoms with Crippen LogP contribution in [0.3, 0.4) is 0 Å². The molecule has 1 aliphatic carbocycles. The molecule has 0 saturated heterocycles. The number of fused-ring (bicyclic) bond motifs is 3. The van der Waals surface area contributed by atoms with Gasteiger partial charge in [0.05, 0.1) is 25.6 Å². The van der Waals surface area contributed by atoms with Gasteiger partial charge in [0.15, 0.2) is 11.5 Å². The number of aliphatic imine (C=N–C) groups is 1. The van der Waals surface area contributed by atoms with E-state index in [9.17, 15) is 0 Å². The molecular weight excluding hydrogens is 336 g/mol. The summed E-state index contributed by atoms with van der Waals surface area (Å²) in [6, 6.07) is 12.7. The van der Waals surface area contributed by atoms with Gasteiger partial charge in [-0.3, -0.25) is 4.99 Å². The molecular formula is C23H26N2O2. The maximum absolute atomic E-state index is 5.40. The van der Waals surface area contributed by atoms with Crippen molar-refractivity contribution in [3.63, 3.8) is 0 Å². The molecule has 0 unspecified atom stereocenters. The number of aromatic amines is 1. The molecule has 2 aromatic carbocycles. The third-order valence-electron chi connectivity index (χ3n) is 5.34. The highest BCUT2D eigenvalue weighted by Gasteiger charge is 2.20. The van der Waals surface area contributed by atoms with E-state index in [0.29, 0.717) is 0 Å². The normalized spacial score (nSPS) is 15.1. The van der Waals surface area contributed by atoms with E-state index in [1.54, 1.807) is 14.2 Å². The van der Waals surface area contributed by atoms with Gasteiger partial charge < -0.3 is 14.5 Å². The highest BCUT2D eigenvalue weighted by atomic mass is 16.5. The topological polar surface area (TPSA) is 46.6 Å². The van der Waals surface area contributed by atoms with Gasteiger partial charge in [-0.2, -0.15) is 0 Å². The molecule has 1 aliphatic rings. The summed E-state index contributed by atoms with van der Waals surface area (Å²) in [5.74, 6) is 1.53. The van der Waals surface area contributed by atoms with Gasteiger partial charge in [0, 0.05) is 17.4 Å². The molecule has 0 spiro atoms. The fourth-order valence-corrected chi connectivity index (χ4v) is 3.94. The van der Waals surface area contributed by atoms with Crippen LogP contribution >= 0.6 is 0 Å². The first kappa shape index (κ1) is 17.7. The minimum atomic E-state index is 0.762. The average Bonchev–Trinajstić information content (AvgIpc) is 3.06. The van der Waals surface area contributed by atoms with Crippen LogP contribution in [0.1, 0.15) is 35.2 Å². The fraction of sp³-hybridized carbons (Fsp3) is 0.348. The standard InChI is InChI=1S/C23H26N2O2/c1-15-7-9-19-18(13-15)17-5-4-6-20(23(17)25-19)24-12-11-16-8-10-21(26-2)22(14-16)27-3/h7-10,13-14,25H,4-6,11-12H2,1-3H3. The minimum Gasteiger partial charge on any atom is -0.493 e. The smallest absolute Gasteiger partial charge is 0.160 e. The van der Waals surface area contributed by atoms with E-state index in [2.05, 4.69) is 36.2 Å². The first-order valence-electron chi connectivity index (χ1n) is 9.55. The second-order valence-electron chi connectivity index (χ2n) is 7.15. The Morgan fingerprint density at radius 2 is 1.85 bits per heavy atom. The highest BCUT2D eigenvalue weighted by Crippen LogP contribution is 2.30. The van der Waals surface area contributed by atoms with Crippen molar-refractivity contribution in [3.8, 4) is 11.5 Å².